The summed E-state index contributed by atoms with van der Waals surface area (Å²) in [6.07, 6.45) is 0. The molecule has 0 aliphatic rings. The summed E-state index contributed by atoms with van der Waals surface area (Å²) in [5.74, 6) is -1.29. The molecule has 0 aliphatic heterocycles. The molecule has 0 atom stereocenters. The van der Waals surface area contributed by atoms with Crippen molar-refractivity contribution in [3.8, 4) is 5.75 Å². The third-order valence-corrected chi connectivity index (χ3v) is 2.12. The first-order valence-electron chi connectivity index (χ1n) is 3.98. The second-order valence-corrected chi connectivity index (χ2v) is 3.69. The molecule has 0 aromatic heterocycles. The number of hydrogen-bond acceptors (Lipinski definition) is 2. The van der Waals surface area contributed by atoms with Crippen LogP contribution in [0.5, 0.6) is 5.75 Å². The maximum Gasteiger partial charge on any atom is 0.255 e. The Hall–Kier alpha value is -0.850. The summed E-state index contributed by atoms with van der Waals surface area (Å²) in [4.78, 5) is 11.3. The van der Waals surface area contributed by atoms with Crippen molar-refractivity contribution < 1.29 is 14.3 Å². The fourth-order valence-electron chi connectivity index (χ4n) is 0.953. The fourth-order valence-corrected chi connectivity index (χ4v) is 1.22. The van der Waals surface area contributed by atoms with Crippen LogP contribution >= 0.6 is 22.6 Å². The van der Waals surface area contributed by atoms with Crippen LogP contribution in [0.15, 0.2) is 18.2 Å². The first kappa shape index (κ1) is 11.2. The Morgan fingerprint density at radius 2 is 2.29 bits per heavy atom. The van der Waals surface area contributed by atoms with Crippen molar-refractivity contribution in [2.45, 2.75) is 0 Å². The van der Waals surface area contributed by atoms with Gasteiger partial charge in [-0.3, -0.25) is 4.79 Å². The first-order chi connectivity index (χ1) is 6.65. The van der Waals surface area contributed by atoms with Gasteiger partial charge in [0.1, 0.15) is 11.6 Å². The van der Waals surface area contributed by atoms with Crippen LogP contribution in [0.25, 0.3) is 0 Å². The van der Waals surface area contributed by atoms with Crippen LogP contribution in [0, 0.1) is 5.82 Å². The molecule has 0 fully saturated rings. The quantitative estimate of drug-likeness (QED) is 0.659. The molecule has 1 aromatic carbocycles. The van der Waals surface area contributed by atoms with E-state index < -0.39 is 5.82 Å². The van der Waals surface area contributed by atoms with E-state index >= 15 is 0 Å². The van der Waals surface area contributed by atoms with E-state index in [0.717, 1.165) is 16.6 Å². The highest BCUT2D eigenvalue weighted by atomic mass is 127. The lowest BCUT2D eigenvalue weighted by molar-refractivity contribution is 0.0953. The number of halogens is 2. The maximum atomic E-state index is 12.6. The number of phenols is 1. The van der Waals surface area contributed by atoms with Gasteiger partial charge in [-0.15, -0.1) is 0 Å². The number of carbonyl (C=O) groups is 1. The van der Waals surface area contributed by atoms with Crippen LogP contribution in [-0.2, 0) is 0 Å². The van der Waals surface area contributed by atoms with Gasteiger partial charge < -0.3 is 10.4 Å². The number of aromatic hydroxyl groups is 1. The molecule has 14 heavy (non-hydrogen) atoms. The Morgan fingerprint density at radius 1 is 1.57 bits per heavy atom. The normalized spacial score (nSPS) is 9.86. The number of benzene rings is 1. The summed E-state index contributed by atoms with van der Waals surface area (Å²) in [5.41, 5.74) is 0.0938. The van der Waals surface area contributed by atoms with E-state index in [1.165, 1.54) is 6.07 Å². The van der Waals surface area contributed by atoms with Crippen LogP contribution in [0.4, 0.5) is 4.39 Å². The molecule has 1 aromatic rings. The maximum absolute atomic E-state index is 12.6. The zero-order chi connectivity index (χ0) is 10.6. The molecule has 0 saturated carbocycles. The fraction of sp³-hybridized carbons (Fsp3) is 0.222. The standard InChI is InChI=1S/C9H9FINO2/c10-6-1-2-7(8(13)5-6)9(14)12-4-3-11/h1-2,5,13H,3-4H2,(H,12,14). The minimum absolute atomic E-state index is 0.0938. The molecule has 0 heterocycles. The highest BCUT2D eigenvalue weighted by Crippen LogP contribution is 2.17. The average molecular weight is 309 g/mol. The van der Waals surface area contributed by atoms with Gasteiger partial charge >= 0.3 is 0 Å². The first-order valence-corrected chi connectivity index (χ1v) is 5.50. The minimum atomic E-state index is -0.562. The van der Waals surface area contributed by atoms with E-state index in [-0.39, 0.29) is 17.2 Å². The van der Waals surface area contributed by atoms with Gasteiger partial charge in [-0.2, -0.15) is 0 Å². The lowest BCUT2D eigenvalue weighted by Crippen LogP contribution is -2.25. The number of rotatable bonds is 3. The predicted octanol–water partition coefficient (Wildman–Crippen LogP) is 1.70. The molecule has 3 nitrogen and oxygen atoms in total. The number of carbonyl (C=O) groups excluding carboxylic acids is 1. The summed E-state index contributed by atoms with van der Waals surface area (Å²) < 4.78 is 13.4. The van der Waals surface area contributed by atoms with Crippen molar-refractivity contribution in [1.82, 2.24) is 5.32 Å². The average Bonchev–Trinajstić information content (AvgIpc) is 2.14. The number of phenolic OH excluding ortho intramolecular Hbond substituents is 1. The van der Waals surface area contributed by atoms with E-state index in [2.05, 4.69) is 27.9 Å². The van der Waals surface area contributed by atoms with Crippen molar-refractivity contribution in [1.29, 1.82) is 0 Å². The van der Waals surface area contributed by atoms with E-state index in [1.54, 1.807) is 0 Å². The Kier molecular flexibility index (Phi) is 4.12. The smallest absolute Gasteiger partial charge is 0.255 e. The van der Waals surface area contributed by atoms with Gasteiger partial charge in [0.05, 0.1) is 5.56 Å². The summed E-state index contributed by atoms with van der Waals surface area (Å²) >= 11 is 2.12. The van der Waals surface area contributed by atoms with Crippen LogP contribution in [0.2, 0.25) is 0 Å². The van der Waals surface area contributed by atoms with Gasteiger partial charge in [-0.05, 0) is 12.1 Å². The van der Waals surface area contributed by atoms with Crippen molar-refractivity contribution in [2.24, 2.45) is 0 Å². The highest BCUT2D eigenvalue weighted by molar-refractivity contribution is 14.1. The zero-order valence-corrected chi connectivity index (χ0v) is 9.42. The predicted molar refractivity (Wildman–Crippen MR) is 59.3 cm³/mol. The Morgan fingerprint density at radius 3 is 2.86 bits per heavy atom. The van der Waals surface area contributed by atoms with Crippen LogP contribution in [0.1, 0.15) is 10.4 Å². The summed E-state index contributed by atoms with van der Waals surface area (Å²) in [5, 5.41) is 11.8. The number of nitrogens with one attached hydrogen (secondary N) is 1. The van der Waals surface area contributed by atoms with E-state index in [4.69, 9.17) is 0 Å². The van der Waals surface area contributed by atoms with Crippen molar-refractivity contribution in [3.63, 3.8) is 0 Å². The molecule has 5 heteroatoms. The lowest BCUT2D eigenvalue weighted by atomic mass is 10.2. The van der Waals surface area contributed by atoms with Crippen LogP contribution < -0.4 is 5.32 Å². The largest absolute Gasteiger partial charge is 0.507 e. The molecule has 1 rings (SSSR count). The molecule has 0 bridgehead atoms. The monoisotopic (exact) mass is 309 g/mol. The molecule has 0 aliphatic carbocycles. The van der Waals surface area contributed by atoms with E-state index in [1.807, 2.05) is 0 Å². The van der Waals surface area contributed by atoms with Gasteiger partial charge in [-0.25, -0.2) is 4.39 Å². The second-order valence-electron chi connectivity index (χ2n) is 2.61. The molecule has 1 amide bonds. The number of alkyl halides is 1. The molecule has 0 saturated heterocycles. The van der Waals surface area contributed by atoms with Crippen molar-refractivity contribution >= 4 is 28.5 Å². The van der Waals surface area contributed by atoms with Gasteiger partial charge in [0.15, 0.2) is 0 Å². The third-order valence-electron chi connectivity index (χ3n) is 1.58. The Balaban J connectivity index is 2.80. The van der Waals surface area contributed by atoms with Gasteiger partial charge in [0.2, 0.25) is 0 Å². The SMILES string of the molecule is O=C(NCCI)c1ccc(F)cc1O. The van der Waals surface area contributed by atoms with E-state index in [9.17, 15) is 14.3 Å². The van der Waals surface area contributed by atoms with Gasteiger partial charge in [-0.1, -0.05) is 22.6 Å². The van der Waals surface area contributed by atoms with Crippen LogP contribution in [-0.4, -0.2) is 22.0 Å². The number of amides is 1. The Labute approximate surface area is 94.5 Å². The highest BCUT2D eigenvalue weighted by Gasteiger charge is 2.10. The Bertz CT molecular complexity index is 344. The van der Waals surface area contributed by atoms with Crippen LogP contribution in [0.3, 0.4) is 0 Å². The zero-order valence-electron chi connectivity index (χ0n) is 7.26. The van der Waals surface area contributed by atoms with Gasteiger partial charge in [0, 0.05) is 17.0 Å². The molecular formula is C9H9FINO2. The van der Waals surface area contributed by atoms with Crippen molar-refractivity contribution in [2.75, 3.05) is 11.0 Å². The topological polar surface area (TPSA) is 49.3 Å². The molecule has 0 spiro atoms. The molecule has 76 valence electrons. The number of hydrogen-bond donors (Lipinski definition) is 2. The summed E-state index contributed by atoms with van der Waals surface area (Å²) in [6, 6.07) is 3.31. The lowest BCUT2D eigenvalue weighted by Gasteiger charge is -2.04. The summed E-state index contributed by atoms with van der Waals surface area (Å²) in [7, 11) is 0. The minimum Gasteiger partial charge on any atom is -0.507 e. The summed E-state index contributed by atoms with van der Waals surface area (Å²) in [6.45, 7) is 0.524. The molecule has 0 radical (unpaired) electrons. The molecular weight excluding hydrogens is 300 g/mol. The third kappa shape index (κ3) is 2.83. The van der Waals surface area contributed by atoms with Crippen molar-refractivity contribution in [3.05, 3.63) is 29.6 Å². The van der Waals surface area contributed by atoms with E-state index in [0.29, 0.717) is 6.54 Å². The molecule has 0 unspecified atom stereocenters. The molecule has 2 N–H and O–H groups in total. The van der Waals surface area contributed by atoms with Gasteiger partial charge in [0.25, 0.3) is 5.91 Å². The second kappa shape index (κ2) is 5.14.